The summed E-state index contributed by atoms with van der Waals surface area (Å²) < 4.78 is 11.3. The van der Waals surface area contributed by atoms with Crippen LogP contribution in [0.5, 0.6) is 0 Å². The van der Waals surface area contributed by atoms with E-state index in [1.54, 1.807) is 0 Å². The van der Waals surface area contributed by atoms with Gasteiger partial charge in [-0.3, -0.25) is 0 Å². The minimum atomic E-state index is -0.357. The second kappa shape index (κ2) is 4.94. The SMILES string of the molecule is CC[C@@]1(C)OC[C@H](CCCCO)O1. The summed E-state index contributed by atoms with van der Waals surface area (Å²) in [6.07, 6.45) is 4.00. The van der Waals surface area contributed by atoms with E-state index in [1.807, 2.05) is 6.92 Å². The fraction of sp³-hybridized carbons (Fsp3) is 1.00. The van der Waals surface area contributed by atoms with Crippen molar-refractivity contribution in [3.63, 3.8) is 0 Å². The van der Waals surface area contributed by atoms with Crippen LogP contribution in [-0.4, -0.2) is 30.2 Å². The van der Waals surface area contributed by atoms with E-state index in [1.165, 1.54) is 0 Å². The molecule has 0 bridgehead atoms. The van der Waals surface area contributed by atoms with Gasteiger partial charge < -0.3 is 14.6 Å². The van der Waals surface area contributed by atoms with E-state index in [0.29, 0.717) is 6.61 Å². The Kier molecular flexibility index (Phi) is 4.16. The van der Waals surface area contributed by atoms with Crippen molar-refractivity contribution >= 4 is 0 Å². The smallest absolute Gasteiger partial charge is 0.165 e. The van der Waals surface area contributed by atoms with Crippen LogP contribution in [0, 0.1) is 0 Å². The van der Waals surface area contributed by atoms with Gasteiger partial charge in [0.15, 0.2) is 5.79 Å². The zero-order valence-corrected chi connectivity index (χ0v) is 8.58. The molecule has 2 atom stereocenters. The third-order valence-corrected chi connectivity index (χ3v) is 2.57. The number of hydrogen-bond donors (Lipinski definition) is 1. The third kappa shape index (κ3) is 3.25. The topological polar surface area (TPSA) is 38.7 Å². The lowest BCUT2D eigenvalue weighted by molar-refractivity contribution is -0.155. The van der Waals surface area contributed by atoms with Crippen LogP contribution in [-0.2, 0) is 9.47 Å². The van der Waals surface area contributed by atoms with Gasteiger partial charge in [-0.2, -0.15) is 0 Å². The molecule has 1 fully saturated rings. The lowest BCUT2D eigenvalue weighted by Crippen LogP contribution is -2.25. The van der Waals surface area contributed by atoms with Gasteiger partial charge in [-0.25, -0.2) is 0 Å². The molecule has 13 heavy (non-hydrogen) atoms. The molecule has 0 amide bonds. The van der Waals surface area contributed by atoms with E-state index in [-0.39, 0.29) is 18.5 Å². The summed E-state index contributed by atoms with van der Waals surface area (Å²) in [6, 6.07) is 0. The van der Waals surface area contributed by atoms with Crippen LogP contribution in [0.1, 0.15) is 39.5 Å². The van der Waals surface area contributed by atoms with Gasteiger partial charge in [0.05, 0.1) is 12.7 Å². The van der Waals surface area contributed by atoms with Crippen molar-refractivity contribution in [3.8, 4) is 0 Å². The van der Waals surface area contributed by atoms with Crippen molar-refractivity contribution in [1.29, 1.82) is 0 Å². The van der Waals surface area contributed by atoms with Gasteiger partial charge in [-0.15, -0.1) is 0 Å². The van der Waals surface area contributed by atoms with Gasteiger partial charge in [0.25, 0.3) is 0 Å². The highest BCUT2D eigenvalue weighted by molar-refractivity contribution is 4.73. The minimum Gasteiger partial charge on any atom is -0.396 e. The maximum absolute atomic E-state index is 8.62. The predicted octanol–water partition coefficient (Wildman–Crippen LogP) is 1.69. The molecule has 3 nitrogen and oxygen atoms in total. The van der Waals surface area contributed by atoms with Gasteiger partial charge in [-0.05, 0) is 32.6 Å². The summed E-state index contributed by atoms with van der Waals surface area (Å²) in [4.78, 5) is 0. The molecule has 0 aromatic heterocycles. The van der Waals surface area contributed by atoms with Gasteiger partial charge in [0.1, 0.15) is 0 Å². The van der Waals surface area contributed by atoms with Crippen LogP contribution in [0.15, 0.2) is 0 Å². The Hall–Kier alpha value is -0.120. The standard InChI is InChI=1S/C10H20O3/c1-3-10(2)12-8-9(13-10)6-4-5-7-11/h9,11H,3-8H2,1-2H3/t9-,10-/m0/s1. The van der Waals surface area contributed by atoms with E-state index >= 15 is 0 Å². The summed E-state index contributed by atoms with van der Waals surface area (Å²) >= 11 is 0. The van der Waals surface area contributed by atoms with Gasteiger partial charge in [-0.1, -0.05) is 6.92 Å². The highest BCUT2D eigenvalue weighted by Gasteiger charge is 2.34. The van der Waals surface area contributed by atoms with Crippen LogP contribution >= 0.6 is 0 Å². The quantitative estimate of drug-likeness (QED) is 0.667. The number of ether oxygens (including phenoxy) is 2. The first-order valence-corrected chi connectivity index (χ1v) is 5.13. The summed E-state index contributed by atoms with van der Waals surface area (Å²) in [5.41, 5.74) is 0. The second-order valence-electron chi connectivity index (χ2n) is 3.76. The molecule has 0 aromatic rings. The van der Waals surface area contributed by atoms with Crippen molar-refractivity contribution in [3.05, 3.63) is 0 Å². The predicted molar refractivity (Wildman–Crippen MR) is 50.5 cm³/mol. The zero-order chi connectivity index (χ0) is 9.73. The van der Waals surface area contributed by atoms with Gasteiger partial charge in [0, 0.05) is 6.61 Å². The maximum atomic E-state index is 8.62. The van der Waals surface area contributed by atoms with Gasteiger partial charge in [0.2, 0.25) is 0 Å². The first-order chi connectivity index (χ1) is 6.20. The molecule has 1 aliphatic heterocycles. The molecule has 0 spiro atoms. The number of unbranched alkanes of at least 4 members (excludes halogenated alkanes) is 1. The normalized spacial score (nSPS) is 33.9. The first kappa shape index (κ1) is 11.0. The first-order valence-electron chi connectivity index (χ1n) is 5.13. The van der Waals surface area contributed by atoms with Crippen LogP contribution in [0.2, 0.25) is 0 Å². The van der Waals surface area contributed by atoms with Crippen molar-refractivity contribution in [2.75, 3.05) is 13.2 Å². The summed E-state index contributed by atoms with van der Waals surface area (Å²) in [5.74, 6) is -0.357. The maximum Gasteiger partial charge on any atom is 0.165 e. The Morgan fingerprint density at radius 2 is 2.23 bits per heavy atom. The van der Waals surface area contributed by atoms with E-state index in [2.05, 4.69) is 6.92 Å². The van der Waals surface area contributed by atoms with Crippen molar-refractivity contribution in [2.45, 2.75) is 51.4 Å². The molecule has 1 aliphatic rings. The van der Waals surface area contributed by atoms with Crippen LogP contribution in [0.3, 0.4) is 0 Å². The van der Waals surface area contributed by atoms with E-state index in [0.717, 1.165) is 25.7 Å². The van der Waals surface area contributed by atoms with Crippen LogP contribution in [0.4, 0.5) is 0 Å². The fourth-order valence-corrected chi connectivity index (χ4v) is 1.50. The Bertz CT molecular complexity index is 149. The largest absolute Gasteiger partial charge is 0.396 e. The van der Waals surface area contributed by atoms with E-state index in [4.69, 9.17) is 14.6 Å². The highest BCUT2D eigenvalue weighted by atomic mass is 16.7. The van der Waals surface area contributed by atoms with E-state index in [9.17, 15) is 0 Å². The molecule has 0 unspecified atom stereocenters. The van der Waals surface area contributed by atoms with Crippen molar-refractivity contribution in [2.24, 2.45) is 0 Å². The second-order valence-corrected chi connectivity index (χ2v) is 3.76. The zero-order valence-electron chi connectivity index (χ0n) is 8.58. The number of hydrogen-bond acceptors (Lipinski definition) is 3. The monoisotopic (exact) mass is 188 g/mol. The molecule has 3 heteroatoms. The van der Waals surface area contributed by atoms with Crippen molar-refractivity contribution in [1.82, 2.24) is 0 Å². The number of aliphatic hydroxyl groups is 1. The third-order valence-electron chi connectivity index (χ3n) is 2.57. The van der Waals surface area contributed by atoms with Crippen LogP contribution in [0.25, 0.3) is 0 Å². The molecule has 1 saturated heterocycles. The molecular formula is C10H20O3. The average molecular weight is 188 g/mol. The Balaban J connectivity index is 2.17. The number of aliphatic hydroxyl groups excluding tert-OH is 1. The molecule has 1 rings (SSSR count). The molecule has 78 valence electrons. The lowest BCUT2D eigenvalue weighted by atomic mass is 10.2. The molecule has 0 aliphatic carbocycles. The molecular weight excluding hydrogens is 168 g/mol. The average Bonchev–Trinajstić information content (AvgIpc) is 2.50. The Labute approximate surface area is 80.0 Å². The van der Waals surface area contributed by atoms with E-state index < -0.39 is 0 Å². The molecule has 1 heterocycles. The highest BCUT2D eigenvalue weighted by Crippen LogP contribution is 2.28. The van der Waals surface area contributed by atoms with Gasteiger partial charge >= 0.3 is 0 Å². The Morgan fingerprint density at radius 1 is 1.46 bits per heavy atom. The van der Waals surface area contributed by atoms with Crippen LogP contribution < -0.4 is 0 Å². The minimum absolute atomic E-state index is 0.233. The molecule has 0 saturated carbocycles. The number of rotatable bonds is 5. The molecule has 0 radical (unpaired) electrons. The molecule has 1 N–H and O–H groups in total. The summed E-state index contributed by atoms with van der Waals surface area (Å²) in [7, 11) is 0. The molecule has 0 aromatic carbocycles. The van der Waals surface area contributed by atoms with Crippen molar-refractivity contribution < 1.29 is 14.6 Å². The summed E-state index contributed by atoms with van der Waals surface area (Å²) in [6.45, 7) is 5.03. The Morgan fingerprint density at radius 3 is 2.77 bits per heavy atom. The summed E-state index contributed by atoms with van der Waals surface area (Å²) in [5, 5.41) is 8.62. The lowest BCUT2D eigenvalue weighted by Gasteiger charge is -2.20. The fourth-order valence-electron chi connectivity index (χ4n) is 1.50.